The molecule has 0 aromatic heterocycles. The van der Waals surface area contributed by atoms with E-state index in [1.807, 2.05) is 0 Å². The fraction of sp³-hybridized carbons (Fsp3) is 0.154. The minimum Gasteiger partial charge on any atom is -0.349 e. The zero-order chi connectivity index (χ0) is 25.4. The fourth-order valence-electron chi connectivity index (χ4n) is 5.48. The predicted octanol–water partition coefficient (Wildman–Crippen LogP) is 3.43. The molecule has 3 aromatic carbocycles. The van der Waals surface area contributed by atoms with Crippen LogP contribution in [-0.4, -0.2) is 33.9 Å². The van der Waals surface area contributed by atoms with Crippen LogP contribution in [0.2, 0.25) is 0 Å². The van der Waals surface area contributed by atoms with Crippen molar-refractivity contribution in [1.29, 1.82) is 0 Å². The summed E-state index contributed by atoms with van der Waals surface area (Å²) in [6, 6.07) is 16.2. The van der Waals surface area contributed by atoms with Crippen molar-refractivity contribution < 1.29 is 33.2 Å². The van der Waals surface area contributed by atoms with Crippen molar-refractivity contribution in [3.8, 4) is 0 Å². The van der Waals surface area contributed by atoms with Gasteiger partial charge in [-0.1, -0.05) is 42.5 Å². The molecule has 0 unspecified atom stereocenters. The molecular formula is C26H15FN2O7. The highest BCUT2D eigenvalue weighted by molar-refractivity contribution is 6.37. The number of benzene rings is 3. The van der Waals surface area contributed by atoms with E-state index in [-0.39, 0.29) is 28.1 Å². The summed E-state index contributed by atoms with van der Waals surface area (Å²) in [6.45, 7) is 0. The quantitative estimate of drug-likeness (QED) is 0.240. The summed E-state index contributed by atoms with van der Waals surface area (Å²) in [4.78, 5) is 66.0. The van der Waals surface area contributed by atoms with Gasteiger partial charge in [-0.2, -0.15) is 0 Å². The number of imide groups is 1. The van der Waals surface area contributed by atoms with Gasteiger partial charge in [0.25, 0.3) is 5.69 Å². The second-order valence-corrected chi connectivity index (χ2v) is 8.79. The lowest BCUT2D eigenvalue weighted by Gasteiger charge is -2.27. The maximum absolute atomic E-state index is 14.9. The minimum absolute atomic E-state index is 0.0304. The van der Waals surface area contributed by atoms with Gasteiger partial charge in [-0.3, -0.25) is 29.3 Å². The Morgan fingerprint density at radius 3 is 2.00 bits per heavy atom. The summed E-state index contributed by atoms with van der Waals surface area (Å²) in [5.74, 6) is -6.81. The van der Waals surface area contributed by atoms with Gasteiger partial charge in [-0.25, -0.2) is 9.29 Å². The zero-order valence-corrected chi connectivity index (χ0v) is 18.3. The van der Waals surface area contributed by atoms with Gasteiger partial charge in [0.15, 0.2) is 0 Å². The Hall–Kier alpha value is -4.57. The summed E-state index contributed by atoms with van der Waals surface area (Å²) in [5.41, 5.74) is -2.49. The number of hydrogen-bond donors (Lipinski definition) is 0. The lowest BCUT2D eigenvalue weighted by atomic mass is 9.77. The Morgan fingerprint density at radius 2 is 1.42 bits per heavy atom. The van der Waals surface area contributed by atoms with Crippen LogP contribution in [0.3, 0.4) is 0 Å². The molecule has 2 heterocycles. The highest BCUT2D eigenvalue weighted by atomic mass is 19.1. The van der Waals surface area contributed by atoms with Crippen molar-refractivity contribution in [3.63, 3.8) is 0 Å². The summed E-state index contributed by atoms with van der Waals surface area (Å²) in [6.07, 6.45) is -1.39. The van der Waals surface area contributed by atoms with Gasteiger partial charge >= 0.3 is 0 Å². The number of ether oxygens (including phenoxy) is 1. The van der Waals surface area contributed by atoms with Gasteiger partial charge in [0.2, 0.25) is 29.0 Å². The predicted molar refractivity (Wildman–Crippen MR) is 121 cm³/mol. The molecule has 0 radical (unpaired) electrons. The van der Waals surface area contributed by atoms with E-state index < -0.39 is 57.7 Å². The molecular weight excluding hydrogens is 471 g/mol. The van der Waals surface area contributed by atoms with Gasteiger partial charge in [0, 0.05) is 28.8 Å². The third kappa shape index (κ3) is 2.67. The number of halogens is 1. The number of rotatable bonds is 3. The molecule has 2 aliphatic heterocycles. The molecule has 10 heteroatoms. The highest BCUT2D eigenvalue weighted by Crippen LogP contribution is 2.58. The monoisotopic (exact) mass is 486 g/mol. The first-order chi connectivity index (χ1) is 17.3. The number of anilines is 1. The molecule has 0 saturated carbocycles. The van der Waals surface area contributed by atoms with E-state index in [1.54, 1.807) is 12.1 Å². The van der Waals surface area contributed by atoms with Crippen LogP contribution < -0.4 is 4.90 Å². The SMILES string of the molecule is O=C1[C@H]2[C@@H](C(=O)N1c1ccc([N+](=O)[O-])cc1)C1(O[C@H]2c2ccccc2F)C(=O)c2ccccc2C1=O. The van der Waals surface area contributed by atoms with Crippen LogP contribution in [0.15, 0.2) is 72.8 Å². The number of nitro groups is 1. The maximum Gasteiger partial charge on any atom is 0.269 e. The zero-order valence-electron chi connectivity index (χ0n) is 18.3. The summed E-state index contributed by atoms with van der Waals surface area (Å²) in [7, 11) is 0. The largest absolute Gasteiger partial charge is 0.349 e. The molecule has 36 heavy (non-hydrogen) atoms. The molecule has 2 saturated heterocycles. The van der Waals surface area contributed by atoms with E-state index in [0.29, 0.717) is 0 Å². The van der Waals surface area contributed by atoms with Crippen molar-refractivity contribution in [3.05, 3.63) is 105 Å². The van der Waals surface area contributed by atoms with Crippen molar-refractivity contribution in [2.24, 2.45) is 11.8 Å². The third-order valence-corrected chi connectivity index (χ3v) is 7.05. The number of nitro benzene ring substituents is 1. The molecule has 2 fully saturated rings. The van der Waals surface area contributed by atoms with Crippen molar-refractivity contribution >= 4 is 34.8 Å². The first-order valence-corrected chi connectivity index (χ1v) is 11.0. The molecule has 9 nitrogen and oxygen atoms in total. The summed E-state index contributed by atoms with van der Waals surface area (Å²) in [5, 5.41) is 11.0. The number of non-ortho nitro benzene ring substituents is 1. The van der Waals surface area contributed by atoms with Gasteiger partial charge in [0.1, 0.15) is 5.82 Å². The van der Waals surface area contributed by atoms with E-state index in [0.717, 1.165) is 23.1 Å². The molecule has 1 aliphatic carbocycles. The Morgan fingerprint density at radius 1 is 0.833 bits per heavy atom. The summed E-state index contributed by atoms with van der Waals surface area (Å²) < 4.78 is 20.9. The lowest BCUT2D eigenvalue weighted by molar-refractivity contribution is -0.384. The van der Waals surface area contributed by atoms with Crippen molar-refractivity contribution in [2.75, 3.05) is 4.90 Å². The number of nitrogens with zero attached hydrogens (tertiary/aromatic N) is 2. The van der Waals surface area contributed by atoms with Gasteiger partial charge in [-0.15, -0.1) is 0 Å². The Balaban J connectivity index is 1.53. The maximum atomic E-state index is 14.9. The van der Waals surface area contributed by atoms with E-state index in [1.165, 1.54) is 42.5 Å². The molecule has 6 rings (SSSR count). The van der Waals surface area contributed by atoms with E-state index in [4.69, 9.17) is 4.74 Å². The third-order valence-electron chi connectivity index (χ3n) is 7.05. The number of carbonyl (C=O) groups excluding carboxylic acids is 4. The average molecular weight is 486 g/mol. The van der Waals surface area contributed by atoms with Crippen LogP contribution in [0.5, 0.6) is 0 Å². The number of amides is 2. The van der Waals surface area contributed by atoms with E-state index in [9.17, 15) is 33.7 Å². The fourth-order valence-corrected chi connectivity index (χ4v) is 5.48. The van der Waals surface area contributed by atoms with Crippen molar-refractivity contribution in [1.82, 2.24) is 0 Å². The lowest BCUT2D eigenvalue weighted by Crippen LogP contribution is -2.51. The standard InChI is InChI=1S/C26H15FN2O7/c27-18-8-4-3-7-17(18)21-19-20(26(36-21)22(30)15-5-1-2-6-16(15)23(26)31)25(33)28(24(19)32)13-9-11-14(12-10-13)29(34)35/h1-12,19-21H/t19-,20-,21-/m0/s1. The Kier molecular flexibility index (Phi) is 4.55. The number of carbonyl (C=O) groups is 4. The molecule has 2 amide bonds. The number of fused-ring (bicyclic) bond motifs is 3. The van der Waals surface area contributed by atoms with Crippen LogP contribution >= 0.6 is 0 Å². The van der Waals surface area contributed by atoms with Crippen LogP contribution in [0.4, 0.5) is 15.8 Å². The summed E-state index contributed by atoms with van der Waals surface area (Å²) >= 11 is 0. The molecule has 1 spiro atoms. The number of ketones is 2. The molecule has 3 aliphatic rings. The molecule has 0 N–H and O–H groups in total. The normalized spacial score (nSPS) is 23.9. The Bertz CT molecular complexity index is 1480. The van der Waals surface area contributed by atoms with Crippen molar-refractivity contribution in [2.45, 2.75) is 11.7 Å². The van der Waals surface area contributed by atoms with Gasteiger partial charge in [-0.05, 0) is 18.2 Å². The average Bonchev–Trinajstić information content (AvgIpc) is 3.44. The van der Waals surface area contributed by atoms with Crippen LogP contribution in [0.1, 0.15) is 32.4 Å². The smallest absolute Gasteiger partial charge is 0.269 e. The first-order valence-electron chi connectivity index (χ1n) is 11.0. The van der Waals surface area contributed by atoms with Crippen LogP contribution in [0.25, 0.3) is 0 Å². The molecule has 3 aromatic rings. The molecule has 0 bridgehead atoms. The van der Waals surface area contributed by atoms with Crippen LogP contribution in [0, 0.1) is 27.8 Å². The minimum atomic E-state index is -2.33. The first kappa shape index (κ1) is 21.9. The highest BCUT2D eigenvalue weighted by Gasteiger charge is 2.75. The topological polar surface area (TPSA) is 124 Å². The van der Waals surface area contributed by atoms with Gasteiger partial charge in [0.05, 0.1) is 28.6 Å². The second kappa shape index (κ2) is 7.46. The molecule has 3 atom stereocenters. The van der Waals surface area contributed by atoms with Gasteiger partial charge < -0.3 is 4.74 Å². The Labute approximate surface area is 202 Å². The molecule has 178 valence electrons. The second-order valence-electron chi connectivity index (χ2n) is 8.79. The van der Waals surface area contributed by atoms with Crippen LogP contribution in [-0.2, 0) is 14.3 Å². The number of hydrogen-bond acceptors (Lipinski definition) is 7. The van der Waals surface area contributed by atoms with E-state index in [2.05, 4.69) is 0 Å². The number of Topliss-reactive ketones (excluding diaryl/α,β-unsaturated/α-hetero) is 2. The van der Waals surface area contributed by atoms with E-state index >= 15 is 0 Å².